The lowest BCUT2D eigenvalue weighted by atomic mass is 10.2. The Labute approximate surface area is 117 Å². The molecule has 5 nitrogen and oxygen atoms in total. The molecule has 1 heterocycles. The summed E-state index contributed by atoms with van der Waals surface area (Å²) in [6.07, 6.45) is 0.172. The van der Waals surface area contributed by atoms with Crippen LogP contribution in [-0.4, -0.2) is 37.8 Å². The SMILES string of the molecule is CC1CNCC(COc2ccc(C(N)=O)cc2Cl)O1. The zero-order chi connectivity index (χ0) is 13.8. The van der Waals surface area contributed by atoms with E-state index in [9.17, 15) is 4.79 Å². The van der Waals surface area contributed by atoms with Crippen LogP contribution in [0.3, 0.4) is 0 Å². The average molecular weight is 285 g/mol. The Balaban J connectivity index is 1.94. The van der Waals surface area contributed by atoms with E-state index in [1.165, 1.54) is 6.07 Å². The molecule has 6 heteroatoms. The monoisotopic (exact) mass is 284 g/mol. The number of hydrogen-bond donors (Lipinski definition) is 2. The van der Waals surface area contributed by atoms with E-state index < -0.39 is 5.91 Å². The lowest BCUT2D eigenvalue weighted by Crippen LogP contribution is -2.45. The summed E-state index contributed by atoms with van der Waals surface area (Å²) in [6, 6.07) is 4.73. The summed E-state index contributed by atoms with van der Waals surface area (Å²) in [5.74, 6) is 0.00980. The van der Waals surface area contributed by atoms with E-state index in [2.05, 4.69) is 5.32 Å². The first kappa shape index (κ1) is 14.1. The summed E-state index contributed by atoms with van der Waals surface area (Å²) >= 11 is 6.03. The number of benzene rings is 1. The first-order valence-corrected chi connectivity index (χ1v) is 6.52. The van der Waals surface area contributed by atoms with Gasteiger partial charge < -0.3 is 20.5 Å². The molecule has 19 heavy (non-hydrogen) atoms. The largest absolute Gasteiger partial charge is 0.489 e. The number of carbonyl (C=O) groups excluding carboxylic acids is 1. The van der Waals surface area contributed by atoms with Crippen LogP contribution in [0, 0.1) is 0 Å². The van der Waals surface area contributed by atoms with E-state index in [1.54, 1.807) is 12.1 Å². The highest BCUT2D eigenvalue weighted by Crippen LogP contribution is 2.25. The summed E-state index contributed by atoms with van der Waals surface area (Å²) in [7, 11) is 0. The maximum atomic E-state index is 11.0. The van der Waals surface area contributed by atoms with Gasteiger partial charge in [-0.25, -0.2) is 0 Å². The molecule has 3 N–H and O–H groups in total. The molecular formula is C13H17ClN2O3. The fraction of sp³-hybridized carbons (Fsp3) is 0.462. The van der Waals surface area contributed by atoms with Crippen molar-refractivity contribution in [2.75, 3.05) is 19.7 Å². The van der Waals surface area contributed by atoms with Crippen LogP contribution in [0.15, 0.2) is 18.2 Å². The molecule has 0 saturated carbocycles. The van der Waals surface area contributed by atoms with Gasteiger partial charge in [-0.15, -0.1) is 0 Å². The summed E-state index contributed by atoms with van der Waals surface area (Å²) in [5.41, 5.74) is 5.53. The topological polar surface area (TPSA) is 73.6 Å². The number of amides is 1. The third-order valence-electron chi connectivity index (χ3n) is 2.87. The number of hydrogen-bond acceptors (Lipinski definition) is 4. The third kappa shape index (κ3) is 3.83. The van der Waals surface area contributed by atoms with Crippen LogP contribution in [0.2, 0.25) is 5.02 Å². The van der Waals surface area contributed by atoms with Crippen LogP contribution in [0.4, 0.5) is 0 Å². The summed E-state index contributed by atoms with van der Waals surface area (Å²) in [6.45, 7) is 4.02. The number of halogens is 1. The molecule has 1 aliphatic rings. The van der Waals surface area contributed by atoms with Gasteiger partial charge in [0, 0.05) is 18.7 Å². The van der Waals surface area contributed by atoms with Gasteiger partial charge in [0.25, 0.3) is 0 Å². The Kier molecular flexibility index (Phi) is 4.63. The number of nitrogens with one attached hydrogen (secondary N) is 1. The first-order chi connectivity index (χ1) is 9.06. The predicted molar refractivity (Wildman–Crippen MR) is 72.7 cm³/mol. The van der Waals surface area contributed by atoms with Crippen molar-refractivity contribution in [1.82, 2.24) is 5.32 Å². The number of morpholine rings is 1. The van der Waals surface area contributed by atoms with E-state index in [0.717, 1.165) is 13.1 Å². The lowest BCUT2D eigenvalue weighted by Gasteiger charge is -2.28. The Bertz CT molecular complexity index is 467. The normalized spacial score (nSPS) is 23.1. The second-order valence-corrected chi connectivity index (χ2v) is 4.95. The number of rotatable bonds is 4. The van der Waals surface area contributed by atoms with Gasteiger partial charge >= 0.3 is 0 Å². The zero-order valence-electron chi connectivity index (χ0n) is 10.7. The number of ether oxygens (including phenoxy) is 2. The van der Waals surface area contributed by atoms with Crippen LogP contribution in [0.25, 0.3) is 0 Å². The van der Waals surface area contributed by atoms with Crippen molar-refractivity contribution in [2.24, 2.45) is 5.73 Å². The Morgan fingerprint density at radius 3 is 3.00 bits per heavy atom. The van der Waals surface area contributed by atoms with Crippen LogP contribution in [0.1, 0.15) is 17.3 Å². The molecule has 0 spiro atoms. The molecule has 2 atom stereocenters. The summed E-state index contributed by atoms with van der Waals surface area (Å²) in [5, 5.41) is 3.63. The van der Waals surface area contributed by atoms with Crippen molar-refractivity contribution >= 4 is 17.5 Å². The van der Waals surface area contributed by atoms with Crippen LogP contribution < -0.4 is 15.8 Å². The number of primary amides is 1. The van der Waals surface area contributed by atoms with E-state index in [-0.39, 0.29) is 12.2 Å². The number of carbonyl (C=O) groups is 1. The standard InChI is InChI=1S/C13H17ClN2O3/c1-8-5-16-6-10(19-8)7-18-12-3-2-9(13(15)17)4-11(12)14/h2-4,8,10,16H,5-7H2,1H3,(H2,15,17). The van der Waals surface area contributed by atoms with Crippen molar-refractivity contribution in [2.45, 2.75) is 19.1 Å². The minimum Gasteiger partial charge on any atom is -0.489 e. The van der Waals surface area contributed by atoms with Gasteiger partial charge in [0.2, 0.25) is 5.91 Å². The van der Waals surface area contributed by atoms with E-state index in [0.29, 0.717) is 22.9 Å². The minimum absolute atomic E-state index is 0.00404. The maximum Gasteiger partial charge on any atom is 0.248 e. The molecule has 1 aromatic rings. The highest BCUT2D eigenvalue weighted by molar-refractivity contribution is 6.32. The van der Waals surface area contributed by atoms with Gasteiger partial charge in [-0.05, 0) is 25.1 Å². The Morgan fingerprint density at radius 2 is 2.37 bits per heavy atom. The van der Waals surface area contributed by atoms with E-state index in [4.69, 9.17) is 26.8 Å². The van der Waals surface area contributed by atoms with E-state index in [1.807, 2.05) is 6.92 Å². The van der Waals surface area contributed by atoms with Gasteiger partial charge in [0.05, 0.1) is 11.1 Å². The fourth-order valence-electron chi connectivity index (χ4n) is 1.92. The molecule has 104 valence electrons. The van der Waals surface area contributed by atoms with Crippen molar-refractivity contribution < 1.29 is 14.3 Å². The molecule has 0 radical (unpaired) electrons. The van der Waals surface area contributed by atoms with Gasteiger partial charge in [-0.3, -0.25) is 4.79 Å². The highest BCUT2D eigenvalue weighted by atomic mass is 35.5. The second kappa shape index (κ2) is 6.23. The van der Waals surface area contributed by atoms with Gasteiger partial charge in [0.1, 0.15) is 18.5 Å². The Morgan fingerprint density at radius 1 is 1.58 bits per heavy atom. The molecule has 0 bridgehead atoms. The molecule has 1 amide bonds. The molecular weight excluding hydrogens is 268 g/mol. The molecule has 2 rings (SSSR count). The molecule has 1 saturated heterocycles. The zero-order valence-corrected chi connectivity index (χ0v) is 11.4. The first-order valence-electron chi connectivity index (χ1n) is 6.14. The lowest BCUT2D eigenvalue weighted by molar-refractivity contribution is -0.0470. The van der Waals surface area contributed by atoms with Crippen molar-refractivity contribution in [1.29, 1.82) is 0 Å². The third-order valence-corrected chi connectivity index (χ3v) is 3.17. The quantitative estimate of drug-likeness (QED) is 0.871. The minimum atomic E-state index is -0.512. The molecule has 2 unspecified atom stereocenters. The fourth-order valence-corrected chi connectivity index (χ4v) is 2.16. The van der Waals surface area contributed by atoms with Crippen molar-refractivity contribution in [3.05, 3.63) is 28.8 Å². The number of nitrogens with two attached hydrogens (primary N) is 1. The highest BCUT2D eigenvalue weighted by Gasteiger charge is 2.19. The van der Waals surface area contributed by atoms with Gasteiger partial charge in [-0.1, -0.05) is 11.6 Å². The molecule has 0 aliphatic carbocycles. The molecule has 1 aromatic carbocycles. The second-order valence-electron chi connectivity index (χ2n) is 4.55. The molecule has 1 aliphatic heterocycles. The Hall–Kier alpha value is -1.30. The van der Waals surface area contributed by atoms with Crippen LogP contribution >= 0.6 is 11.6 Å². The smallest absolute Gasteiger partial charge is 0.248 e. The van der Waals surface area contributed by atoms with E-state index >= 15 is 0 Å². The predicted octanol–water partition coefficient (Wildman–Crippen LogP) is 1.19. The van der Waals surface area contributed by atoms with Gasteiger partial charge in [-0.2, -0.15) is 0 Å². The van der Waals surface area contributed by atoms with Crippen LogP contribution in [0.5, 0.6) is 5.75 Å². The summed E-state index contributed by atoms with van der Waals surface area (Å²) < 4.78 is 11.3. The van der Waals surface area contributed by atoms with Crippen LogP contribution in [-0.2, 0) is 4.74 Å². The van der Waals surface area contributed by atoms with Crippen molar-refractivity contribution in [3.8, 4) is 5.75 Å². The van der Waals surface area contributed by atoms with Gasteiger partial charge in [0.15, 0.2) is 0 Å². The summed E-state index contributed by atoms with van der Waals surface area (Å²) in [4.78, 5) is 11.0. The van der Waals surface area contributed by atoms with Crippen molar-refractivity contribution in [3.63, 3.8) is 0 Å². The average Bonchev–Trinajstić information content (AvgIpc) is 2.37. The maximum absolute atomic E-state index is 11.0. The molecule has 1 fully saturated rings. The molecule has 0 aromatic heterocycles.